The molecule has 3 heterocycles. The minimum Gasteiger partial charge on any atom is -0.488 e. The van der Waals surface area contributed by atoms with Gasteiger partial charge in [0.2, 0.25) is 0 Å². The van der Waals surface area contributed by atoms with E-state index in [0.717, 1.165) is 23.3 Å². The molecule has 27 heavy (non-hydrogen) atoms. The maximum atomic E-state index is 13.8. The lowest BCUT2D eigenvalue weighted by molar-refractivity contribution is 0.0257. The molecule has 1 aromatic carbocycles. The SMILES string of the molecule is O=C(O)N1C=C(Nc2ccc(F)cc2OC2CCOCC2)c2ccsc2C1. The molecule has 0 unspecified atom stereocenters. The first-order chi connectivity index (χ1) is 13.1. The maximum absolute atomic E-state index is 13.8. The van der Waals surface area contributed by atoms with Gasteiger partial charge in [-0.05, 0) is 23.6 Å². The first-order valence-corrected chi connectivity index (χ1v) is 9.57. The predicted molar refractivity (Wildman–Crippen MR) is 100 cm³/mol. The molecule has 8 heteroatoms. The largest absolute Gasteiger partial charge is 0.488 e. The van der Waals surface area contributed by atoms with Gasteiger partial charge in [-0.15, -0.1) is 11.3 Å². The lowest BCUT2D eigenvalue weighted by Crippen LogP contribution is -2.28. The van der Waals surface area contributed by atoms with Crippen LogP contribution < -0.4 is 10.1 Å². The summed E-state index contributed by atoms with van der Waals surface area (Å²) in [5.74, 6) is 0.0237. The van der Waals surface area contributed by atoms with Crippen LogP contribution in [0.1, 0.15) is 23.3 Å². The molecule has 2 N–H and O–H groups in total. The van der Waals surface area contributed by atoms with E-state index in [2.05, 4.69) is 5.32 Å². The van der Waals surface area contributed by atoms with Crippen molar-refractivity contribution in [2.45, 2.75) is 25.5 Å². The van der Waals surface area contributed by atoms with Crippen molar-refractivity contribution >= 4 is 28.8 Å². The highest BCUT2D eigenvalue weighted by molar-refractivity contribution is 7.10. The Morgan fingerprint density at radius 2 is 2.15 bits per heavy atom. The number of rotatable bonds is 4. The molecule has 0 saturated carbocycles. The van der Waals surface area contributed by atoms with Crippen LogP contribution in [0, 0.1) is 5.82 Å². The van der Waals surface area contributed by atoms with Gasteiger partial charge in [-0.3, -0.25) is 4.90 Å². The lowest BCUT2D eigenvalue weighted by atomic mass is 10.1. The average molecular weight is 390 g/mol. The number of amides is 1. The Morgan fingerprint density at radius 1 is 1.33 bits per heavy atom. The molecule has 2 aromatic rings. The number of carboxylic acid groups (broad SMARTS) is 1. The van der Waals surface area contributed by atoms with Crippen LogP contribution in [0.5, 0.6) is 5.75 Å². The van der Waals surface area contributed by atoms with Crippen LogP contribution in [-0.2, 0) is 11.3 Å². The molecule has 0 radical (unpaired) electrons. The number of nitrogens with one attached hydrogen (secondary N) is 1. The Labute approximate surface area is 159 Å². The topological polar surface area (TPSA) is 71.0 Å². The van der Waals surface area contributed by atoms with Gasteiger partial charge in [-0.2, -0.15) is 0 Å². The van der Waals surface area contributed by atoms with E-state index in [1.807, 2.05) is 11.4 Å². The standard InChI is InChI=1S/C19H19FN2O4S/c20-12-1-2-15(17(9-12)26-13-3-6-25-7-4-13)21-16-10-22(19(23)24)11-18-14(16)5-8-27-18/h1-2,5,8-10,13,21H,3-4,6-7,11H2,(H,23,24). The molecule has 4 rings (SSSR count). The van der Waals surface area contributed by atoms with Crippen molar-refractivity contribution in [1.82, 2.24) is 4.90 Å². The minimum absolute atomic E-state index is 0.0336. The van der Waals surface area contributed by atoms with Crippen molar-refractivity contribution in [3.63, 3.8) is 0 Å². The minimum atomic E-state index is -1.02. The van der Waals surface area contributed by atoms with Crippen LogP contribution in [0.25, 0.3) is 5.70 Å². The Morgan fingerprint density at radius 3 is 2.93 bits per heavy atom. The van der Waals surface area contributed by atoms with Gasteiger partial charge in [0.05, 0.1) is 31.1 Å². The van der Waals surface area contributed by atoms with E-state index in [9.17, 15) is 14.3 Å². The van der Waals surface area contributed by atoms with Gasteiger partial charge in [-0.25, -0.2) is 9.18 Å². The molecule has 0 bridgehead atoms. The second kappa shape index (κ2) is 7.58. The normalized spacial score (nSPS) is 17.2. The van der Waals surface area contributed by atoms with Crippen LogP contribution in [0.3, 0.4) is 0 Å². The van der Waals surface area contributed by atoms with Crippen LogP contribution in [0.2, 0.25) is 0 Å². The average Bonchev–Trinajstić information content (AvgIpc) is 3.13. The van der Waals surface area contributed by atoms with Crippen LogP contribution in [-0.4, -0.2) is 35.4 Å². The quantitative estimate of drug-likeness (QED) is 0.812. The summed E-state index contributed by atoms with van der Waals surface area (Å²) in [5.41, 5.74) is 2.18. The van der Waals surface area contributed by atoms with Gasteiger partial charge < -0.3 is 19.9 Å². The molecule has 2 aliphatic heterocycles. The summed E-state index contributed by atoms with van der Waals surface area (Å²) in [4.78, 5) is 13.6. The van der Waals surface area contributed by atoms with Gasteiger partial charge in [0, 0.05) is 35.5 Å². The van der Waals surface area contributed by atoms with E-state index < -0.39 is 6.09 Å². The lowest BCUT2D eigenvalue weighted by Gasteiger charge is -2.26. The fourth-order valence-corrected chi connectivity index (χ4v) is 4.05. The number of hydrogen-bond acceptors (Lipinski definition) is 5. The maximum Gasteiger partial charge on any atom is 0.411 e. The summed E-state index contributed by atoms with van der Waals surface area (Å²) in [7, 11) is 0. The molecule has 0 atom stereocenters. The molecule has 1 fully saturated rings. The molecule has 1 saturated heterocycles. The molecular weight excluding hydrogens is 371 g/mol. The molecule has 2 aliphatic rings. The third-order valence-electron chi connectivity index (χ3n) is 4.56. The molecule has 1 aromatic heterocycles. The number of benzene rings is 1. The zero-order valence-corrected chi connectivity index (χ0v) is 15.3. The smallest absolute Gasteiger partial charge is 0.411 e. The molecular formula is C19H19FN2O4S. The van der Waals surface area contributed by atoms with Gasteiger partial charge in [0.1, 0.15) is 17.7 Å². The highest BCUT2D eigenvalue weighted by Gasteiger charge is 2.24. The van der Waals surface area contributed by atoms with E-state index in [1.54, 1.807) is 12.3 Å². The molecule has 1 amide bonds. The number of thiophene rings is 1. The number of hydrogen-bond donors (Lipinski definition) is 2. The van der Waals surface area contributed by atoms with Gasteiger partial charge in [-0.1, -0.05) is 0 Å². The third kappa shape index (κ3) is 3.91. The summed E-state index contributed by atoms with van der Waals surface area (Å²) >= 11 is 1.50. The van der Waals surface area contributed by atoms with Crippen molar-refractivity contribution in [3.8, 4) is 5.75 Å². The van der Waals surface area contributed by atoms with Gasteiger partial charge >= 0.3 is 6.09 Å². The summed E-state index contributed by atoms with van der Waals surface area (Å²) in [6.07, 6.45) is 2.00. The molecule has 0 aliphatic carbocycles. The molecule has 6 nitrogen and oxygen atoms in total. The van der Waals surface area contributed by atoms with Crippen LogP contribution >= 0.6 is 11.3 Å². The summed E-state index contributed by atoms with van der Waals surface area (Å²) in [6.45, 7) is 1.57. The zero-order valence-electron chi connectivity index (χ0n) is 14.5. The van der Waals surface area contributed by atoms with Crippen molar-refractivity contribution in [2.75, 3.05) is 18.5 Å². The van der Waals surface area contributed by atoms with E-state index in [0.29, 0.717) is 36.9 Å². The van der Waals surface area contributed by atoms with Crippen molar-refractivity contribution in [2.24, 2.45) is 0 Å². The highest BCUT2D eigenvalue weighted by atomic mass is 32.1. The van der Waals surface area contributed by atoms with E-state index in [1.165, 1.54) is 28.4 Å². The Bertz CT molecular complexity index is 876. The number of ether oxygens (including phenoxy) is 2. The number of nitrogens with zero attached hydrogens (tertiary/aromatic N) is 1. The first-order valence-electron chi connectivity index (χ1n) is 8.69. The Balaban J connectivity index is 1.62. The van der Waals surface area contributed by atoms with E-state index in [-0.39, 0.29) is 11.9 Å². The van der Waals surface area contributed by atoms with Gasteiger partial charge in [0.25, 0.3) is 0 Å². The highest BCUT2D eigenvalue weighted by Crippen LogP contribution is 2.35. The monoisotopic (exact) mass is 390 g/mol. The van der Waals surface area contributed by atoms with Crippen LogP contribution in [0.15, 0.2) is 35.8 Å². The van der Waals surface area contributed by atoms with Crippen LogP contribution in [0.4, 0.5) is 14.9 Å². The van der Waals surface area contributed by atoms with Crippen molar-refractivity contribution < 1.29 is 23.8 Å². The predicted octanol–water partition coefficient (Wildman–Crippen LogP) is 4.35. The summed E-state index contributed by atoms with van der Waals surface area (Å²) in [5, 5.41) is 14.5. The Kier molecular flexibility index (Phi) is 5.00. The fourth-order valence-electron chi connectivity index (χ4n) is 3.17. The first kappa shape index (κ1) is 17.8. The molecule has 0 spiro atoms. The van der Waals surface area contributed by atoms with E-state index in [4.69, 9.17) is 9.47 Å². The zero-order chi connectivity index (χ0) is 18.8. The van der Waals surface area contributed by atoms with Gasteiger partial charge in [0.15, 0.2) is 0 Å². The molecule has 142 valence electrons. The third-order valence-corrected chi connectivity index (χ3v) is 5.46. The summed E-state index contributed by atoms with van der Waals surface area (Å²) < 4.78 is 25.2. The number of carbonyl (C=O) groups is 1. The van der Waals surface area contributed by atoms with Crippen molar-refractivity contribution in [3.05, 3.63) is 52.1 Å². The second-order valence-electron chi connectivity index (χ2n) is 6.41. The summed E-state index contributed by atoms with van der Waals surface area (Å²) in [6, 6.07) is 6.26. The van der Waals surface area contributed by atoms with Crippen molar-refractivity contribution in [1.29, 1.82) is 0 Å². The second-order valence-corrected chi connectivity index (χ2v) is 7.41. The van der Waals surface area contributed by atoms with E-state index >= 15 is 0 Å². The fraction of sp³-hybridized carbons (Fsp3) is 0.316. The number of fused-ring (bicyclic) bond motifs is 1. The number of anilines is 1. The number of halogens is 1. The Hall–Kier alpha value is -2.58.